The van der Waals surface area contributed by atoms with Gasteiger partial charge in [0, 0.05) is 13.2 Å². The third-order valence-electron chi connectivity index (χ3n) is 2.91. The van der Waals surface area contributed by atoms with Crippen molar-refractivity contribution in [2.75, 3.05) is 12.3 Å². The fourth-order valence-electron chi connectivity index (χ4n) is 1.85. The average molecular weight is 263 g/mol. The molecule has 0 aliphatic rings. The Labute approximate surface area is 111 Å². The van der Waals surface area contributed by atoms with Crippen molar-refractivity contribution in [1.82, 2.24) is 19.3 Å². The van der Waals surface area contributed by atoms with Crippen LogP contribution in [0.1, 0.15) is 28.9 Å². The summed E-state index contributed by atoms with van der Waals surface area (Å²) in [5, 5.41) is 4.09. The highest BCUT2D eigenvalue weighted by Gasteiger charge is 2.20. The number of hydrogen-bond donors (Lipinski definition) is 1. The van der Waals surface area contributed by atoms with E-state index in [0.29, 0.717) is 24.8 Å². The van der Waals surface area contributed by atoms with Crippen molar-refractivity contribution >= 4 is 11.8 Å². The second-order valence-corrected chi connectivity index (χ2v) is 4.15. The molecule has 0 saturated carbocycles. The molecular formula is C12H17N5O2. The average Bonchev–Trinajstić information content (AvgIpc) is 2.88. The van der Waals surface area contributed by atoms with E-state index in [2.05, 4.69) is 10.1 Å². The molecule has 2 N–H and O–H groups in total. The first-order chi connectivity index (χ1) is 9.04. The molecule has 0 aromatic carbocycles. The lowest BCUT2D eigenvalue weighted by atomic mass is 10.4. The monoisotopic (exact) mass is 263 g/mol. The molecule has 0 aliphatic heterocycles. The number of aryl methyl sites for hydroxylation is 2. The molecule has 0 saturated heterocycles. The lowest BCUT2D eigenvalue weighted by Gasteiger charge is -2.08. The number of esters is 1. The molecule has 0 radical (unpaired) electrons. The van der Waals surface area contributed by atoms with Crippen molar-refractivity contribution in [3.05, 3.63) is 29.5 Å². The Kier molecular flexibility index (Phi) is 3.55. The zero-order valence-electron chi connectivity index (χ0n) is 11.3. The molecule has 102 valence electrons. The highest BCUT2D eigenvalue weighted by atomic mass is 16.5. The van der Waals surface area contributed by atoms with E-state index >= 15 is 0 Å². The second kappa shape index (κ2) is 5.13. The number of nitrogen functional groups attached to an aromatic ring is 1. The van der Waals surface area contributed by atoms with Crippen molar-refractivity contribution in [1.29, 1.82) is 0 Å². The number of aromatic nitrogens is 4. The van der Waals surface area contributed by atoms with Gasteiger partial charge in [0.05, 0.1) is 18.8 Å². The number of nitrogens with two attached hydrogens (primary N) is 1. The maximum Gasteiger partial charge on any atom is 0.360 e. The van der Waals surface area contributed by atoms with Crippen molar-refractivity contribution in [3.8, 4) is 0 Å². The lowest BCUT2D eigenvalue weighted by Crippen LogP contribution is -2.12. The molecule has 2 aromatic heterocycles. The van der Waals surface area contributed by atoms with Gasteiger partial charge in [0.2, 0.25) is 0 Å². The summed E-state index contributed by atoms with van der Waals surface area (Å²) in [4.78, 5) is 15.9. The summed E-state index contributed by atoms with van der Waals surface area (Å²) < 4.78 is 8.44. The van der Waals surface area contributed by atoms with E-state index in [1.807, 2.05) is 13.1 Å². The number of hydrogen-bond acceptors (Lipinski definition) is 5. The van der Waals surface area contributed by atoms with Crippen LogP contribution in [0.4, 0.5) is 5.82 Å². The summed E-state index contributed by atoms with van der Waals surface area (Å²) in [7, 11) is 1.85. The van der Waals surface area contributed by atoms with E-state index in [0.717, 1.165) is 5.69 Å². The first-order valence-corrected chi connectivity index (χ1v) is 6.01. The SMILES string of the molecule is CCOC(=O)c1nc(C)n(Cc2ccnn2C)c1N. The van der Waals surface area contributed by atoms with Gasteiger partial charge in [-0.25, -0.2) is 9.78 Å². The number of ether oxygens (including phenoxy) is 1. The topological polar surface area (TPSA) is 88.0 Å². The number of rotatable bonds is 4. The largest absolute Gasteiger partial charge is 0.461 e. The van der Waals surface area contributed by atoms with E-state index in [4.69, 9.17) is 10.5 Å². The fraction of sp³-hybridized carbons (Fsp3) is 0.417. The molecule has 0 unspecified atom stereocenters. The molecule has 0 spiro atoms. The highest BCUT2D eigenvalue weighted by molar-refractivity contribution is 5.92. The van der Waals surface area contributed by atoms with Gasteiger partial charge in [-0.2, -0.15) is 5.10 Å². The Morgan fingerprint density at radius 2 is 2.26 bits per heavy atom. The summed E-state index contributed by atoms with van der Waals surface area (Å²) in [6.45, 7) is 4.36. The van der Waals surface area contributed by atoms with Gasteiger partial charge in [0.15, 0.2) is 5.69 Å². The smallest absolute Gasteiger partial charge is 0.360 e. The minimum Gasteiger partial charge on any atom is -0.461 e. The Bertz CT molecular complexity index is 599. The zero-order valence-corrected chi connectivity index (χ0v) is 11.3. The highest BCUT2D eigenvalue weighted by Crippen LogP contribution is 2.17. The molecule has 0 amide bonds. The quantitative estimate of drug-likeness (QED) is 0.822. The molecule has 0 aliphatic carbocycles. The standard InChI is InChI=1S/C12H17N5O2/c1-4-19-12(18)10-11(13)17(8(2)15-10)7-9-5-6-14-16(9)3/h5-6H,4,7,13H2,1-3H3. The molecule has 7 heteroatoms. The Balaban J connectivity index is 2.32. The summed E-state index contributed by atoms with van der Waals surface area (Å²) in [5.74, 6) is 0.491. The maximum absolute atomic E-state index is 11.7. The van der Waals surface area contributed by atoms with Crippen LogP contribution in [0.2, 0.25) is 0 Å². The second-order valence-electron chi connectivity index (χ2n) is 4.15. The van der Waals surface area contributed by atoms with Gasteiger partial charge in [-0.3, -0.25) is 4.68 Å². The van der Waals surface area contributed by atoms with Gasteiger partial charge in [0.1, 0.15) is 11.6 Å². The van der Waals surface area contributed by atoms with E-state index in [1.54, 1.807) is 29.3 Å². The van der Waals surface area contributed by atoms with Gasteiger partial charge in [-0.05, 0) is 19.9 Å². The van der Waals surface area contributed by atoms with Crippen LogP contribution in [-0.4, -0.2) is 31.9 Å². The molecule has 19 heavy (non-hydrogen) atoms. The maximum atomic E-state index is 11.7. The van der Waals surface area contributed by atoms with Crippen LogP contribution in [0.25, 0.3) is 0 Å². The van der Waals surface area contributed by atoms with Gasteiger partial charge in [-0.15, -0.1) is 0 Å². The molecule has 2 rings (SSSR count). The van der Waals surface area contributed by atoms with Crippen LogP contribution >= 0.6 is 0 Å². The summed E-state index contributed by atoms with van der Waals surface area (Å²) in [6, 6.07) is 1.89. The van der Waals surface area contributed by atoms with Crippen LogP contribution in [0.15, 0.2) is 12.3 Å². The predicted octanol–water partition coefficient (Wildman–Crippen LogP) is 0.732. The molecular weight excluding hydrogens is 246 g/mol. The predicted molar refractivity (Wildman–Crippen MR) is 69.6 cm³/mol. The number of anilines is 1. The van der Waals surface area contributed by atoms with E-state index < -0.39 is 5.97 Å². The lowest BCUT2D eigenvalue weighted by molar-refractivity contribution is 0.0521. The van der Waals surface area contributed by atoms with E-state index in [9.17, 15) is 4.79 Å². The van der Waals surface area contributed by atoms with Crippen molar-refractivity contribution in [3.63, 3.8) is 0 Å². The van der Waals surface area contributed by atoms with Gasteiger partial charge in [0.25, 0.3) is 0 Å². The summed E-state index contributed by atoms with van der Waals surface area (Å²) >= 11 is 0. The van der Waals surface area contributed by atoms with Gasteiger partial charge < -0.3 is 15.0 Å². The minimum absolute atomic E-state index is 0.168. The van der Waals surface area contributed by atoms with Crippen molar-refractivity contribution in [2.24, 2.45) is 7.05 Å². The Morgan fingerprint density at radius 3 is 2.84 bits per heavy atom. The fourth-order valence-corrected chi connectivity index (χ4v) is 1.85. The third kappa shape index (κ3) is 2.44. The van der Waals surface area contributed by atoms with Crippen LogP contribution < -0.4 is 5.73 Å². The molecule has 7 nitrogen and oxygen atoms in total. The minimum atomic E-state index is -0.494. The normalized spacial score (nSPS) is 10.7. The first kappa shape index (κ1) is 13.1. The third-order valence-corrected chi connectivity index (χ3v) is 2.91. The van der Waals surface area contributed by atoms with Crippen molar-refractivity contribution < 1.29 is 9.53 Å². The van der Waals surface area contributed by atoms with E-state index in [1.165, 1.54) is 0 Å². The Hall–Kier alpha value is -2.31. The first-order valence-electron chi connectivity index (χ1n) is 6.01. The van der Waals surface area contributed by atoms with Crippen LogP contribution in [0.3, 0.4) is 0 Å². The molecule has 2 aromatic rings. The van der Waals surface area contributed by atoms with Crippen LogP contribution in [-0.2, 0) is 18.3 Å². The summed E-state index contributed by atoms with van der Waals surface area (Å²) in [5.41, 5.74) is 7.11. The Morgan fingerprint density at radius 1 is 1.53 bits per heavy atom. The zero-order chi connectivity index (χ0) is 14.0. The van der Waals surface area contributed by atoms with Gasteiger partial charge in [-0.1, -0.05) is 0 Å². The van der Waals surface area contributed by atoms with Crippen molar-refractivity contribution in [2.45, 2.75) is 20.4 Å². The van der Waals surface area contributed by atoms with Crippen LogP contribution in [0.5, 0.6) is 0 Å². The molecule has 2 heterocycles. The number of carbonyl (C=O) groups is 1. The number of carbonyl (C=O) groups excluding carboxylic acids is 1. The summed E-state index contributed by atoms with van der Waals surface area (Å²) in [6.07, 6.45) is 1.71. The van der Waals surface area contributed by atoms with E-state index in [-0.39, 0.29) is 5.69 Å². The molecule has 0 atom stereocenters. The number of nitrogens with zero attached hydrogens (tertiary/aromatic N) is 4. The number of imidazole rings is 1. The van der Waals surface area contributed by atoms with Crippen LogP contribution in [0, 0.1) is 6.92 Å². The molecule has 0 fully saturated rings. The van der Waals surface area contributed by atoms with Gasteiger partial charge >= 0.3 is 5.97 Å². The molecule has 0 bridgehead atoms.